The van der Waals surface area contributed by atoms with E-state index in [4.69, 9.17) is 9.84 Å². The Bertz CT molecular complexity index is 115. The summed E-state index contributed by atoms with van der Waals surface area (Å²) in [5, 5.41) is 11.8. The zero-order valence-electron chi connectivity index (χ0n) is 7.75. The van der Waals surface area contributed by atoms with Gasteiger partial charge in [-0.05, 0) is 25.7 Å². The number of hydrogen-bond acceptors (Lipinski definition) is 3. The first-order valence-corrected chi connectivity index (χ1v) is 4.76. The highest BCUT2D eigenvalue weighted by Gasteiger charge is 2.26. The third-order valence-electron chi connectivity index (χ3n) is 2.28. The second-order valence-corrected chi connectivity index (χ2v) is 3.42. The topological polar surface area (TPSA) is 41.5 Å². The molecule has 0 aliphatic heterocycles. The van der Waals surface area contributed by atoms with Crippen molar-refractivity contribution >= 4 is 0 Å². The quantitative estimate of drug-likeness (QED) is 0.547. The zero-order chi connectivity index (χ0) is 8.81. The summed E-state index contributed by atoms with van der Waals surface area (Å²) in [6.07, 6.45) is 2.76. The van der Waals surface area contributed by atoms with E-state index in [2.05, 4.69) is 12.2 Å². The summed E-state index contributed by atoms with van der Waals surface area (Å²) in [7, 11) is 0. The van der Waals surface area contributed by atoms with Gasteiger partial charge in [0.25, 0.3) is 0 Å². The van der Waals surface area contributed by atoms with Gasteiger partial charge < -0.3 is 15.2 Å². The van der Waals surface area contributed by atoms with Crippen molar-refractivity contribution < 1.29 is 9.84 Å². The molecular weight excluding hydrogens is 154 g/mol. The molecule has 0 heterocycles. The van der Waals surface area contributed by atoms with E-state index in [-0.39, 0.29) is 6.61 Å². The van der Waals surface area contributed by atoms with E-state index < -0.39 is 0 Å². The second kappa shape index (κ2) is 5.51. The lowest BCUT2D eigenvalue weighted by Gasteiger charge is -2.11. The molecule has 0 unspecified atom stereocenters. The SMILES string of the molecule is C[C@H](NCCOCCO)C1CC1. The first-order valence-electron chi connectivity index (χ1n) is 4.76. The summed E-state index contributed by atoms with van der Waals surface area (Å²) in [6.45, 7) is 4.41. The number of rotatable bonds is 7. The molecule has 1 atom stereocenters. The third-order valence-corrected chi connectivity index (χ3v) is 2.28. The maximum Gasteiger partial charge on any atom is 0.0698 e. The number of aliphatic hydroxyl groups is 1. The number of nitrogens with one attached hydrogen (secondary N) is 1. The standard InChI is InChI=1S/C9H19NO2/c1-8(9-2-3-9)10-4-6-12-7-5-11/h8-11H,2-7H2,1H3/t8-/m0/s1. The van der Waals surface area contributed by atoms with Crippen LogP contribution in [0.4, 0.5) is 0 Å². The maximum atomic E-state index is 8.43. The molecular formula is C9H19NO2. The molecule has 0 aromatic rings. The Labute approximate surface area is 74.1 Å². The van der Waals surface area contributed by atoms with Crippen LogP contribution < -0.4 is 5.32 Å². The molecule has 1 fully saturated rings. The second-order valence-electron chi connectivity index (χ2n) is 3.42. The van der Waals surface area contributed by atoms with E-state index in [1.165, 1.54) is 12.8 Å². The van der Waals surface area contributed by atoms with E-state index in [1.54, 1.807) is 0 Å². The largest absolute Gasteiger partial charge is 0.394 e. The molecule has 1 rings (SSSR count). The van der Waals surface area contributed by atoms with Gasteiger partial charge in [0.15, 0.2) is 0 Å². The molecule has 2 N–H and O–H groups in total. The van der Waals surface area contributed by atoms with Gasteiger partial charge in [-0.1, -0.05) is 0 Å². The van der Waals surface area contributed by atoms with Gasteiger partial charge in [0.1, 0.15) is 0 Å². The normalized spacial score (nSPS) is 19.5. The van der Waals surface area contributed by atoms with Gasteiger partial charge in [-0.15, -0.1) is 0 Å². The van der Waals surface area contributed by atoms with Gasteiger partial charge in [0, 0.05) is 12.6 Å². The minimum atomic E-state index is 0.123. The van der Waals surface area contributed by atoms with Crippen LogP contribution in [0.3, 0.4) is 0 Å². The lowest BCUT2D eigenvalue weighted by Crippen LogP contribution is -2.31. The van der Waals surface area contributed by atoms with Crippen molar-refractivity contribution in [1.29, 1.82) is 0 Å². The van der Waals surface area contributed by atoms with Crippen LogP contribution in [0.5, 0.6) is 0 Å². The van der Waals surface area contributed by atoms with Crippen LogP contribution in [-0.2, 0) is 4.74 Å². The summed E-state index contributed by atoms with van der Waals surface area (Å²) in [5.41, 5.74) is 0. The average molecular weight is 173 g/mol. The average Bonchev–Trinajstić information content (AvgIpc) is 2.86. The third kappa shape index (κ3) is 4.04. The predicted molar refractivity (Wildman–Crippen MR) is 48.1 cm³/mol. The van der Waals surface area contributed by atoms with Crippen molar-refractivity contribution in [2.24, 2.45) is 5.92 Å². The Morgan fingerprint density at radius 1 is 1.50 bits per heavy atom. The molecule has 12 heavy (non-hydrogen) atoms. The van der Waals surface area contributed by atoms with Gasteiger partial charge in [-0.25, -0.2) is 0 Å². The van der Waals surface area contributed by atoms with E-state index in [0.717, 1.165) is 12.5 Å². The lowest BCUT2D eigenvalue weighted by atomic mass is 10.2. The fourth-order valence-corrected chi connectivity index (χ4v) is 1.29. The Morgan fingerprint density at radius 3 is 2.83 bits per heavy atom. The van der Waals surface area contributed by atoms with Crippen LogP contribution in [0, 0.1) is 5.92 Å². The van der Waals surface area contributed by atoms with Crippen molar-refractivity contribution in [1.82, 2.24) is 5.32 Å². The molecule has 0 spiro atoms. The molecule has 0 aromatic heterocycles. The van der Waals surface area contributed by atoms with Gasteiger partial charge >= 0.3 is 0 Å². The summed E-state index contributed by atoms with van der Waals surface area (Å²) in [5.74, 6) is 0.905. The summed E-state index contributed by atoms with van der Waals surface area (Å²) in [6, 6.07) is 0.641. The highest BCUT2D eigenvalue weighted by atomic mass is 16.5. The molecule has 0 radical (unpaired) electrons. The fourth-order valence-electron chi connectivity index (χ4n) is 1.29. The Morgan fingerprint density at radius 2 is 2.25 bits per heavy atom. The summed E-state index contributed by atoms with van der Waals surface area (Å²) < 4.78 is 5.12. The number of hydrogen-bond donors (Lipinski definition) is 2. The molecule has 0 amide bonds. The van der Waals surface area contributed by atoms with Crippen LogP contribution in [0.2, 0.25) is 0 Å². The molecule has 3 heteroatoms. The van der Waals surface area contributed by atoms with Gasteiger partial charge in [0.2, 0.25) is 0 Å². The minimum Gasteiger partial charge on any atom is -0.394 e. The van der Waals surface area contributed by atoms with Gasteiger partial charge in [0.05, 0.1) is 19.8 Å². The first kappa shape index (κ1) is 9.96. The molecule has 0 saturated heterocycles. The van der Waals surface area contributed by atoms with E-state index >= 15 is 0 Å². The smallest absolute Gasteiger partial charge is 0.0698 e. The molecule has 72 valence electrons. The highest BCUT2D eigenvalue weighted by Crippen LogP contribution is 2.32. The molecule has 0 aromatic carbocycles. The maximum absolute atomic E-state index is 8.43. The van der Waals surface area contributed by atoms with E-state index in [0.29, 0.717) is 19.3 Å². The minimum absolute atomic E-state index is 0.123. The van der Waals surface area contributed by atoms with Crippen molar-refractivity contribution in [2.45, 2.75) is 25.8 Å². The molecule has 1 aliphatic rings. The van der Waals surface area contributed by atoms with Crippen molar-refractivity contribution in [3.05, 3.63) is 0 Å². The van der Waals surface area contributed by atoms with Gasteiger partial charge in [-0.2, -0.15) is 0 Å². The fraction of sp³-hybridized carbons (Fsp3) is 1.00. The Hall–Kier alpha value is -0.120. The predicted octanol–water partition coefficient (Wildman–Crippen LogP) is 0.383. The Kier molecular flexibility index (Phi) is 4.58. The van der Waals surface area contributed by atoms with Crippen molar-refractivity contribution in [3.8, 4) is 0 Å². The first-order chi connectivity index (χ1) is 5.84. The molecule has 0 bridgehead atoms. The van der Waals surface area contributed by atoms with Crippen LogP contribution in [0.1, 0.15) is 19.8 Å². The lowest BCUT2D eigenvalue weighted by molar-refractivity contribution is 0.0925. The highest BCUT2D eigenvalue weighted by molar-refractivity contribution is 4.82. The molecule has 3 nitrogen and oxygen atoms in total. The van der Waals surface area contributed by atoms with Crippen molar-refractivity contribution in [2.75, 3.05) is 26.4 Å². The Balaban J connectivity index is 1.81. The number of aliphatic hydroxyl groups excluding tert-OH is 1. The molecule has 1 aliphatic carbocycles. The van der Waals surface area contributed by atoms with Crippen LogP contribution in [-0.4, -0.2) is 37.5 Å². The van der Waals surface area contributed by atoms with E-state index in [1.807, 2.05) is 0 Å². The van der Waals surface area contributed by atoms with E-state index in [9.17, 15) is 0 Å². The van der Waals surface area contributed by atoms with Gasteiger partial charge in [-0.3, -0.25) is 0 Å². The number of ether oxygens (including phenoxy) is 1. The summed E-state index contributed by atoms with van der Waals surface area (Å²) >= 11 is 0. The molecule has 1 saturated carbocycles. The summed E-state index contributed by atoms with van der Waals surface area (Å²) in [4.78, 5) is 0. The van der Waals surface area contributed by atoms with Crippen molar-refractivity contribution in [3.63, 3.8) is 0 Å². The van der Waals surface area contributed by atoms with Crippen LogP contribution >= 0.6 is 0 Å². The van der Waals surface area contributed by atoms with Crippen LogP contribution in [0.25, 0.3) is 0 Å². The monoisotopic (exact) mass is 173 g/mol. The van der Waals surface area contributed by atoms with Crippen LogP contribution in [0.15, 0.2) is 0 Å². The zero-order valence-corrected chi connectivity index (χ0v) is 7.75.